The standard InChI is InChI=1S/C16H29N5O8S/c1-30-5-4-10(19-13(25)8(17)6-22)15(27)20-9(2-3-12(18)24)14(26)21-11(7-23)16(28)29/h8-11,22-23H,2-7,17H2,1H3,(H2,18,24)(H,19,25)(H,20,27)(H,21,26)(H,28,29). The maximum Gasteiger partial charge on any atom is 0.328 e. The summed E-state index contributed by atoms with van der Waals surface area (Å²) in [5, 5.41) is 33.7. The molecule has 4 atom stereocenters. The summed E-state index contributed by atoms with van der Waals surface area (Å²) in [5.74, 6) is -4.27. The molecule has 4 amide bonds. The average molecular weight is 452 g/mol. The highest BCUT2D eigenvalue weighted by molar-refractivity contribution is 7.98. The number of carbonyl (C=O) groups is 5. The van der Waals surface area contributed by atoms with E-state index in [2.05, 4.69) is 10.6 Å². The fourth-order valence-corrected chi connectivity index (χ4v) is 2.62. The molecule has 0 aliphatic rings. The van der Waals surface area contributed by atoms with Crippen molar-refractivity contribution in [2.75, 3.05) is 25.2 Å². The highest BCUT2D eigenvalue weighted by atomic mass is 32.2. The van der Waals surface area contributed by atoms with Crippen molar-refractivity contribution in [3.8, 4) is 0 Å². The van der Waals surface area contributed by atoms with Crippen molar-refractivity contribution >= 4 is 41.4 Å². The monoisotopic (exact) mass is 451 g/mol. The van der Waals surface area contributed by atoms with E-state index in [0.717, 1.165) is 0 Å². The Morgan fingerprint density at radius 2 is 1.37 bits per heavy atom. The number of aliphatic hydroxyl groups is 2. The summed E-state index contributed by atoms with van der Waals surface area (Å²) < 4.78 is 0. The van der Waals surface area contributed by atoms with Crippen LogP contribution in [-0.4, -0.2) is 94.3 Å². The average Bonchev–Trinajstić information content (AvgIpc) is 2.70. The molecule has 0 bridgehead atoms. The van der Waals surface area contributed by atoms with Crippen LogP contribution in [0.25, 0.3) is 0 Å². The molecule has 30 heavy (non-hydrogen) atoms. The fraction of sp³-hybridized carbons (Fsp3) is 0.688. The van der Waals surface area contributed by atoms with Crippen molar-refractivity contribution in [1.29, 1.82) is 0 Å². The highest BCUT2D eigenvalue weighted by Gasteiger charge is 2.30. The number of rotatable bonds is 15. The Balaban J connectivity index is 5.38. The Morgan fingerprint density at radius 3 is 1.80 bits per heavy atom. The molecule has 0 rings (SSSR count). The van der Waals surface area contributed by atoms with E-state index in [1.807, 2.05) is 5.32 Å². The summed E-state index contributed by atoms with van der Waals surface area (Å²) in [6, 6.07) is -5.30. The minimum atomic E-state index is -1.61. The summed E-state index contributed by atoms with van der Waals surface area (Å²) in [7, 11) is 0. The van der Waals surface area contributed by atoms with Crippen LogP contribution in [0.1, 0.15) is 19.3 Å². The Hall–Kier alpha value is -2.42. The smallest absolute Gasteiger partial charge is 0.328 e. The third-order valence-electron chi connectivity index (χ3n) is 3.89. The summed E-state index contributed by atoms with van der Waals surface area (Å²) >= 11 is 1.40. The number of hydrogen-bond acceptors (Lipinski definition) is 9. The first-order valence-electron chi connectivity index (χ1n) is 8.95. The number of aliphatic hydroxyl groups excluding tert-OH is 2. The van der Waals surface area contributed by atoms with Crippen LogP contribution in [0.5, 0.6) is 0 Å². The zero-order chi connectivity index (χ0) is 23.3. The van der Waals surface area contributed by atoms with Crippen molar-refractivity contribution in [3.05, 3.63) is 0 Å². The lowest BCUT2D eigenvalue weighted by molar-refractivity contribution is -0.143. The van der Waals surface area contributed by atoms with Gasteiger partial charge in [-0.1, -0.05) is 0 Å². The predicted octanol–water partition coefficient (Wildman–Crippen LogP) is -4.14. The lowest BCUT2D eigenvalue weighted by Gasteiger charge is -2.24. The quantitative estimate of drug-likeness (QED) is 0.120. The molecule has 13 nitrogen and oxygen atoms in total. The molecular weight excluding hydrogens is 422 g/mol. The maximum atomic E-state index is 12.6. The second-order valence-electron chi connectivity index (χ2n) is 6.28. The molecule has 0 heterocycles. The van der Waals surface area contributed by atoms with Crippen LogP contribution in [0.3, 0.4) is 0 Å². The topological polar surface area (TPSA) is 234 Å². The Morgan fingerprint density at radius 1 is 0.867 bits per heavy atom. The molecule has 0 fully saturated rings. The van der Waals surface area contributed by atoms with Gasteiger partial charge < -0.3 is 42.7 Å². The van der Waals surface area contributed by atoms with Gasteiger partial charge in [0.05, 0.1) is 13.2 Å². The van der Waals surface area contributed by atoms with Crippen LogP contribution >= 0.6 is 11.8 Å². The van der Waals surface area contributed by atoms with Crippen molar-refractivity contribution in [3.63, 3.8) is 0 Å². The SMILES string of the molecule is CSCCC(NC(=O)C(N)CO)C(=O)NC(CCC(N)=O)C(=O)NC(CO)C(=O)O. The molecular formula is C16H29N5O8S. The van der Waals surface area contributed by atoms with Crippen LogP contribution in [-0.2, 0) is 24.0 Å². The number of aliphatic carboxylic acids is 1. The van der Waals surface area contributed by atoms with Crippen molar-refractivity contribution in [2.24, 2.45) is 11.5 Å². The van der Waals surface area contributed by atoms with Crippen LogP contribution < -0.4 is 27.4 Å². The third-order valence-corrected chi connectivity index (χ3v) is 4.53. The first-order valence-corrected chi connectivity index (χ1v) is 10.3. The number of hydrogen-bond donors (Lipinski definition) is 8. The van der Waals surface area contributed by atoms with Crippen LogP contribution in [0, 0.1) is 0 Å². The highest BCUT2D eigenvalue weighted by Crippen LogP contribution is 2.05. The molecule has 0 radical (unpaired) electrons. The van der Waals surface area contributed by atoms with Gasteiger partial charge in [-0.3, -0.25) is 19.2 Å². The van der Waals surface area contributed by atoms with E-state index in [-0.39, 0.29) is 19.3 Å². The summed E-state index contributed by atoms with van der Waals surface area (Å²) in [5.41, 5.74) is 10.5. The molecule has 0 aromatic heterocycles. The van der Waals surface area contributed by atoms with E-state index >= 15 is 0 Å². The molecule has 0 aromatic carbocycles. The van der Waals surface area contributed by atoms with Crippen molar-refractivity contribution < 1.29 is 39.3 Å². The van der Waals surface area contributed by atoms with Gasteiger partial charge in [-0.25, -0.2) is 4.79 Å². The zero-order valence-corrected chi connectivity index (χ0v) is 17.3. The van der Waals surface area contributed by atoms with Gasteiger partial charge in [0.25, 0.3) is 0 Å². The molecule has 0 aromatic rings. The van der Waals surface area contributed by atoms with Gasteiger partial charge in [0.2, 0.25) is 23.6 Å². The predicted molar refractivity (Wildman–Crippen MR) is 107 cm³/mol. The van der Waals surface area contributed by atoms with Crippen LogP contribution in [0.4, 0.5) is 0 Å². The summed E-state index contributed by atoms with van der Waals surface area (Å²) in [6.45, 7) is -1.52. The Kier molecular flexibility index (Phi) is 13.4. The van der Waals surface area contributed by atoms with E-state index in [1.165, 1.54) is 11.8 Å². The van der Waals surface area contributed by atoms with E-state index < -0.39 is 67.0 Å². The van der Waals surface area contributed by atoms with Gasteiger partial charge >= 0.3 is 5.97 Å². The van der Waals surface area contributed by atoms with Gasteiger partial charge in [0.15, 0.2) is 0 Å². The molecule has 0 aliphatic carbocycles. The number of primary amides is 1. The number of nitrogens with two attached hydrogens (primary N) is 2. The minimum Gasteiger partial charge on any atom is -0.480 e. The van der Waals surface area contributed by atoms with E-state index in [0.29, 0.717) is 5.75 Å². The number of amides is 4. The van der Waals surface area contributed by atoms with Gasteiger partial charge in [-0.2, -0.15) is 11.8 Å². The second-order valence-corrected chi connectivity index (χ2v) is 7.27. The number of thioether (sulfide) groups is 1. The molecule has 0 spiro atoms. The van der Waals surface area contributed by atoms with E-state index in [9.17, 15) is 24.0 Å². The molecule has 0 saturated heterocycles. The second kappa shape index (κ2) is 14.5. The molecule has 172 valence electrons. The Labute approximate surface area is 177 Å². The molecule has 0 aliphatic heterocycles. The number of carboxylic acid groups (broad SMARTS) is 1. The lowest BCUT2D eigenvalue weighted by atomic mass is 10.1. The zero-order valence-electron chi connectivity index (χ0n) is 16.5. The molecule has 10 N–H and O–H groups in total. The van der Waals surface area contributed by atoms with Gasteiger partial charge in [0, 0.05) is 6.42 Å². The lowest BCUT2D eigenvalue weighted by Crippen LogP contribution is -2.58. The van der Waals surface area contributed by atoms with E-state index in [1.54, 1.807) is 6.26 Å². The number of carbonyl (C=O) groups excluding carboxylic acids is 4. The van der Waals surface area contributed by atoms with Gasteiger partial charge in [-0.15, -0.1) is 0 Å². The van der Waals surface area contributed by atoms with Crippen molar-refractivity contribution in [1.82, 2.24) is 16.0 Å². The molecule has 4 unspecified atom stereocenters. The largest absolute Gasteiger partial charge is 0.480 e. The first kappa shape index (κ1) is 27.6. The third kappa shape index (κ3) is 10.4. The van der Waals surface area contributed by atoms with Gasteiger partial charge in [-0.05, 0) is 24.9 Å². The number of carboxylic acids is 1. The molecule has 14 heteroatoms. The summed E-state index contributed by atoms with van der Waals surface area (Å²) in [4.78, 5) is 59.0. The summed E-state index contributed by atoms with van der Waals surface area (Å²) in [6.07, 6.45) is 1.44. The van der Waals surface area contributed by atoms with Crippen molar-refractivity contribution in [2.45, 2.75) is 43.4 Å². The van der Waals surface area contributed by atoms with Crippen LogP contribution in [0.2, 0.25) is 0 Å². The van der Waals surface area contributed by atoms with Gasteiger partial charge in [0.1, 0.15) is 24.2 Å². The Bertz CT molecular complexity index is 620. The fourth-order valence-electron chi connectivity index (χ4n) is 2.15. The van der Waals surface area contributed by atoms with E-state index in [4.69, 9.17) is 26.8 Å². The van der Waals surface area contributed by atoms with Crippen LogP contribution in [0.15, 0.2) is 0 Å². The molecule has 0 saturated carbocycles. The normalized spacial score (nSPS) is 14.7. The maximum absolute atomic E-state index is 12.6. The number of nitrogens with one attached hydrogen (secondary N) is 3. The first-order chi connectivity index (χ1) is 14.1. The minimum absolute atomic E-state index is 0.176.